The Balaban J connectivity index is 1.66. The van der Waals surface area contributed by atoms with Crippen LogP contribution in [0.2, 0.25) is 0 Å². The SMILES string of the molecule is COc1cccc(-c2c[nH]c3c(N/N=C/c4ccncc4)ncnc23)c1. The van der Waals surface area contributed by atoms with Gasteiger partial charge in [-0.05, 0) is 35.4 Å². The van der Waals surface area contributed by atoms with Crippen molar-refractivity contribution in [2.24, 2.45) is 5.10 Å². The van der Waals surface area contributed by atoms with E-state index in [4.69, 9.17) is 4.74 Å². The second-order valence-electron chi connectivity index (χ2n) is 5.53. The van der Waals surface area contributed by atoms with Gasteiger partial charge >= 0.3 is 0 Å². The number of rotatable bonds is 5. The van der Waals surface area contributed by atoms with Crippen molar-refractivity contribution in [1.29, 1.82) is 0 Å². The topological polar surface area (TPSA) is 88.1 Å². The number of aromatic amines is 1. The molecule has 0 unspecified atom stereocenters. The second kappa shape index (κ2) is 7.02. The van der Waals surface area contributed by atoms with Gasteiger partial charge in [-0.1, -0.05) is 12.1 Å². The zero-order chi connectivity index (χ0) is 17.8. The molecule has 0 aliphatic heterocycles. The lowest BCUT2D eigenvalue weighted by Gasteiger charge is -2.04. The van der Waals surface area contributed by atoms with Crippen LogP contribution in [0.1, 0.15) is 5.56 Å². The maximum Gasteiger partial charge on any atom is 0.174 e. The quantitative estimate of drug-likeness (QED) is 0.427. The van der Waals surface area contributed by atoms with Crippen LogP contribution in [0, 0.1) is 0 Å². The maximum absolute atomic E-state index is 5.30. The molecule has 0 spiro atoms. The molecule has 0 aliphatic carbocycles. The van der Waals surface area contributed by atoms with Gasteiger partial charge in [0.2, 0.25) is 0 Å². The molecule has 7 heteroatoms. The molecule has 128 valence electrons. The van der Waals surface area contributed by atoms with Crippen LogP contribution in [0.3, 0.4) is 0 Å². The summed E-state index contributed by atoms with van der Waals surface area (Å²) in [6.07, 6.45) is 8.57. The van der Waals surface area contributed by atoms with Gasteiger partial charge < -0.3 is 9.72 Å². The van der Waals surface area contributed by atoms with Crippen molar-refractivity contribution in [3.63, 3.8) is 0 Å². The third-order valence-corrected chi connectivity index (χ3v) is 3.93. The molecule has 0 fully saturated rings. The van der Waals surface area contributed by atoms with Crippen LogP contribution in [0.15, 0.2) is 66.4 Å². The van der Waals surface area contributed by atoms with Crippen molar-refractivity contribution >= 4 is 23.1 Å². The van der Waals surface area contributed by atoms with Gasteiger partial charge in [0.05, 0.1) is 13.3 Å². The lowest BCUT2D eigenvalue weighted by molar-refractivity contribution is 0.415. The summed E-state index contributed by atoms with van der Waals surface area (Å²) in [4.78, 5) is 15.9. The van der Waals surface area contributed by atoms with E-state index in [1.54, 1.807) is 25.7 Å². The van der Waals surface area contributed by atoms with Crippen LogP contribution in [0.5, 0.6) is 5.75 Å². The van der Waals surface area contributed by atoms with Gasteiger partial charge in [0, 0.05) is 24.2 Å². The first kappa shape index (κ1) is 15.8. The van der Waals surface area contributed by atoms with Crippen molar-refractivity contribution in [1.82, 2.24) is 19.9 Å². The molecule has 1 aromatic carbocycles. The molecule has 2 N–H and O–H groups in total. The normalized spacial score (nSPS) is 11.1. The lowest BCUT2D eigenvalue weighted by atomic mass is 10.1. The van der Waals surface area contributed by atoms with Gasteiger partial charge in [-0.15, -0.1) is 0 Å². The number of fused-ring (bicyclic) bond motifs is 1. The number of nitrogens with one attached hydrogen (secondary N) is 2. The molecular formula is C19H16N6O. The Morgan fingerprint density at radius 3 is 2.88 bits per heavy atom. The van der Waals surface area contributed by atoms with Crippen molar-refractivity contribution in [2.75, 3.05) is 12.5 Å². The number of H-pyrrole nitrogens is 1. The predicted octanol–water partition coefficient (Wildman–Crippen LogP) is 3.47. The van der Waals surface area contributed by atoms with E-state index in [2.05, 4.69) is 30.5 Å². The van der Waals surface area contributed by atoms with Gasteiger partial charge in [-0.2, -0.15) is 5.10 Å². The van der Waals surface area contributed by atoms with Crippen LogP contribution in [-0.4, -0.2) is 33.3 Å². The summed E-state index contributed by atoms with van der Waals surface area (Å²) in [5, 5.41) is 4.24. The zero-order valence-electron chi connectivity index (χ0n) is 14.0. The van der Waals surface area contributed by atoms with E-state index in [0.29, 0.717) is 5.82 Å². The smallest absolute Gasteiger partial charge is 0.174 e. The molecule has 7 nitrogen and oxygen atoms in total. The number of anilines is 1. The van der Waals surface area contributed by atoms with Gasteiger partial charge in [-0.3, -0.25) is 10.4 Å². The summed E-state index contributed by atoms with van der Waals surface area (Å²) in [6, 6.07) is 11.6. The Morgan fingerprint density at radius 2 is 2.04 bits per heavy atom. The third kappa shape index (κ3) is 3.10. The van der Waals surface area contributed by atoms with Crippen LogP contribution >= 0.6 is 0 Å². The Kier molecular flexibility index (Phi) is 4.26. The summed E-state index contributed by atoms with van der Waals surface area (Å²) >= 11 is 0. The maximum atomic E-state index is 5.30. The molecule has 4 aromatic rings. The van der Waals surface area contributed by atoms with Gasteiger partial charge in [0.1, 0.15) is 23.1 Å². The Bertz CT molecular complexity index is 1060. The zero-order valence-corrected chi connectivity index (χ0v) is 14.0. The molecule has 26 heavy (non-hydrogen) atoms. The van der Waals surface area contributed by atoms with Gasteiger partial charge in [0.15, 0.2) is 5.82 Å². The summed E-state index contributed by atoms with van der Waals surface area (Å²) in [5.74, 6) is 1.40. The number of pyridine rings is 1. The minimum absolute atomic E-state index is 0.606. The largest absolute Gasteiger partial charge is 0.497 e. The van der Waals surface area contributed by atoms with E-state index in [0.717, 1.165) is 33.5 Å². The van der Waals surface area contributed by atoms with Crippen LogP contribution in [-0.2, 0) is 0 Å². The number of hydrogen-bond donors (Lipinski definition) is 2. The predicted molar refractivity (Wildman–Crippen MR) is 101 cm³/mol. The molecule has 0 aliphatic rings. The van der Waals surface area contributed by atoms with Crippen LogP contribution in [0.25, 0.3) is 22.2 Å². The number of ether oxygens (including phenoxy) is 1. The monoisotopic (exact) mass is 344 g/mol. The molecule has 0 radical (unpaired) electrons. The molecule has 4 rings (SSSR count). The molecule has 3 heterocycles. The first-order chi connectivity index (χ1) is 12.8. The average Bonchev–Trinajstić information content (AvgIpc) is 3.14. The summed E-state index contributed by atoms with van der Waals surface area (Å²) in [7, 11) is 1.65. The van der Waals surface area contributed by atoms with Crippen molar-refractivity contribution in [3.8, 4) is 16.9 Å². The Labute approximate surface area is 149 Å². The molecule has 0 saturated carbocycles. The van der Waals surface area contributed by atoms with Crippen molar-refractivity contribution < 1.29 is 4.74 Å². The second-order valence-corrected chi connectivity index (χ2v) is 5.53. The summed E-state index contributed by atoms with van der Waals surface area (Å²) in [6.45, 7) is 0. The summed E-state index contributed by atoms with van der Waals surface area (Å²) in [5.41, 5.74) is 7.50. The number of benzene rings is 1. The first-order valence-electron chi connectivity index (χ1n) is 8.01. The minimum Gasteiger partial charge on any atom is -0.497 e. The highest BCUT2D eigenvalue weighted by molar-refractivity contribution is 5.97. The van der Waals surface area contributed by atoms with E-state index in [-0.39, 0.29) is 0 Å². The number of aromatic nitrogens is 4. The molecule has 3 aromatic heterocycles. The van der Waals surface area contributed by atoms with Crippen LogP contribution < -0.4 is 10.2 Å². The molecule has 0 atom stereocenters. The number of hydrazone groups is 1. The van der Waals surface area contributed by atoms with Crippen molar-refractivity contribution in [2.45, 2.75) is 0 Å². The Morgan fingerprint density at radius 1 is 1.15 bits per heavy atom. The minimum atomic E-state index is 0.606. The Hall–Kier alpha value is -3.74. The fourth-order valence-corrected chi connectivity index (χ4v) is 2.65. The van der Waals surface area contributed by atoms with E-state index < -0.39 is 0 Å². The first-order valence-corrected chi connectivity index (χ1v) is 8.01. The van der Waals surface area contributed by atoms with Crippen molar-refractivity contribution in [3.05, 3.63) is 66.9 Å². The van der Waals surface area contributed by atoms with Gasteiger partial charge in [0.25, 0.3) is 0 Å². The average molecular weight is 344 g/mol. The van der Waals surface area contributed by atoms with E-state index in [1.165, 1.54) is 6.33 Å². The highest BCUT2D eigenvalue weighted by Crippen LogP contribution is 2.31. The van der Waals surface area contributed by atoms with E-state index >= 15 is 0 Å². The third-order valence-electron chi connectivity index (χ3n) is 3.93. The molecule has 0 saturated heterocycles. The summed E-state index contributed by atoms with van der Waals surface area (Å²) < 4.78 is 5.30. The number of hydrogen-bond acceptors (Lipinski definition) is 6. The number of nitrogens with zero attached hydrogens (tertiary/aromatic N) is 4. The van der Waals surface area contributed by atoms with E-state index in [1.807, 2.05) is 42.6 Å². The molecular weight excluding hydrogens is 328 g/mol. The molecule has 0 bridgehead atoms. The van der Waals surface area contributed by atoms with Crippen LogP contribution in [0.4, 0.5) is 5.82 Å². The fourth-order valence-electron chi connectivity index (χ4n) is 2.65. The standard InChI is InChI=1S/C19H16N6O/c1-26-15-4-2-3-14(9-15)16-11-21-18-17(16)22-12-23-19(18)25-24-10-13-5-7-20-8-6-13/h2-12,21H,1H3,(H,22,23,25)/b24-10+. The van der Waals surface area contributed by atoms with E-state index in [9.17, 15) is 0 Å². The number of methoxy groups -OCH3 is 1. The fraction of sp³-hybridized carbons (Fsp3) is 0.0526. The van der Waals surface area contributed by atoms with Gasteiger partial charge in [-0.25, -0.2) is 9.97 Å². The lowest BCUT2D eigenvalue weighted by Crippen LogP contribution is -1.95. The highest BCUT2D eigenvalue weighted by atomic mass is 16.5. The molecule has 0 amide bonds. The highest BCUT2D eigenvalue weighted by Gasteiger charge is 2.12.